The highest BCUT2D eigenvalue weighted by atomic mass is 16.5. The van der Waals surface area contributed by atoms with Crippen molar-refractivity contribution in [2.45, 2.75) is 19.0 Å². The minimum absolute atomic E-state index is 0.183. The Kier molecular flexibility index (Phi) is 4.30. The predicted molar refractivity (Wildman–Crippen MR) is 73.8 cm³/mol. The number of β-lactam (4-membered cyclic amide) rings is 1. The molecule has 8 nitrogen and oxygen atoms in total. The number of hydrogen-bond acceptors (Lipinski definition) is 5. The number of azide groups is 1. The topological polar surface area (TPSA) is 105 Å². The molecule has 1 amide bonds. The average molecular weight is 290 g/mol. The highest BCUT2D eigenvalue weighted by molar-refractivity contribution is 6.13. The van der Waals surface area contributed by atoms with Gasteiger partial charge in [0.1, 0.15) is 11.8 Å². The van der Waals surface area contributed by atoms with E-state index in [9.17, 15) is 9.59 Å². The molecule has 0 aromatic heterocycles. The minimum Gasteiger partial charge on any atom is -0.497 e. The summed E-state index contributed by atoms with van der Waals surface area (Å²) in [5.41, 5.74) is 9.01. The molecule has 0 aliphatic carbocycles. The van der Waals surface area contributed by atoms with E-state index in [1.54, 1.807) is 31.2 Å². The first-order valence-corrected chi connectivity index (χ1v) is 6.32. The molecule has 1 heterocycles. The molecule has 0 N–H and O–H groups in total. The fraction of sp³-hybridized carbons (Fsp3) is 0.385. The highest BCUT2D eigenvalue weighted by Gasteiger charge is 2.52. The van der Waals surface area contributed by atoms with E-state index in [2.05, 4.69) is 10.0 Å². The molecule has 21 heavy (non-hydrogen) atoms. The predicted octanol–water partition coefficient (Wildman–Crippen LogP) is 1.65. The third-order valence-corrected chi connectivity index (χ3v) is 3.12. The normalized spacial score (nSPS) is 20.3. The lowest BCUT2D eigenvalue weighted by Crippen LogP contribution is -2.67. The van der Waals surface area contributed by atoms with Crippen molar-refractivity contribution in [1.82, 2.24) is 0 Å². The number of benzene rings is 1. The van der Waals surface area contributed by atoms with Crippen LogP contribution >= 0.6 is 0 Å². The zero-order valence-corrected chi connectivity index (χ0v) is 11.6. The summed E-state index contributed by atoms with van der Waals surface area (Å²) in [5, 5.41) is 3.37. The second-order valence-corrected chi connectivity index (χ2v) is 4.25. The molecule has 1 aliphatic rings. The quantitative estimate of drug-likeness (QED) is 0.270. The zero-order chi connectivity index (χ0) is 15.4. The van der Waals surface area contributed by atoms with Gasteiger partial charge in [-0.15, -0.1) is 0 Å². The van der Waals surface area contributed by atoms with Gasteiger partial charge in [0.15, 0.2) is 6.04 Å². The SMILES string of the molecule is CCOC(=O)C1C(N=[N+]=[N-])C(=O)N1c1ccc(OC)cc1. The van der Waals surface area contributed by atoms with Crippen molar-refractivity contribution in [3.8, 4) is 5.75 Å². The largest absolute Gasteiger partial charge is 0.497 e. The van der Waals surface area contributed by atoms with Crippen molar-refractivity contribution in [3.05, 3.63) is 34.7 Å². The van der Waals surface area contributed by atoms with Crippen molar-refractivity contribution in [3.63, 3.8) is 0 Å². The van der Waals surface area contributed by atoms with Gasteiger partial charge < -0.3 is 9.47 Å². The lowest BCUT2D eigenvalue weighted by Gasteiger charge is -2.43. The molecule has 1 aliphatic heterocycles. The van der Waals surface area contributed by atoms with E-state index in [0.29, 0.717) is 11.4 Å². The molecule has 1 aromatic rings. The first-order chi connectivity index (χ1) is 10.1. The summed E-state index contributed by atoms with van der Waals surface area (Å²) in [6, 6.07) is 4.65. The lowest BCUT2D eigenvalue weighted by atomic mass is 9.94. The number of methoxy groups -OCH3 is 1. The average Bonchev–Trinajstić information content (AvgIpc) is 2.50. The third kappa shape index (κ3) is 2.61. The molecule has 110 valence electrons. The van der Waals surface area contributed by atoms with E-state index in [-0.39, 0.29) is 6.61 Å². The van der Waals surface area contributed by atoms with Crippen LogP contribution in [0.5, 0.6) is 5.75 Å². The van der Waals surface area contributed by atoms with Crippen molar-refractivity contribution in [2.24, 2.45) is 5.11 Å². The Balaban J connectivity index is 2.29. The zero-order valence-electron chi connectivity index (χ0n) is 11.6. The molecule has 0 saturated carbocycles. The smallest absolute Gasteiger partial charge is 0.330 e. The van der Waals surface area contributed by atoms with Crippen LogP contribution in [0.4, 0.5) is 5.69 Å². The van der Waals surface area contributed by atoms with Gasteiger partial charge in [0.05, 0.1) is 13.7 Å². The monoisotopic (exact) mass is 290 g/mol. The Morgan fingerprint density at radius 2 is 2.10 bits per heavy atom. The molecule has 0 spiro atoms. The van der Waals surface area contributed by atoms with Crippen LogP contribution in [-0.4, -0.2) is 37.7 Å². The fourth-order valence-corrected chi connectivity index (χ4v) is 2.13. The van der Waals surface area contributed by atoms with Crippen molar-refractivity contribution >= 4 is 17.6 Å². The van der Waals surface area contributed by atoms with Gasteiger partial charge >= 0.3 is 5.97 Å². The van der Waals surface area contributed by atoms with Gasteiger partial charge in [-0.2, -0.15) is 0 Å². The van der Waals surface area contributed by atoms with E-state index in [4.69, 9.17) is 15.0 Å². The molecule has 0 bridgehead atoms. The standard InChI is InChI=1S/C13H14N4O4/c1-3-21-13(19)11-10(15-16-14)12(18)17(11)8-4-6-9(20-2)7-5-8/h4-7,10-11H,3H2,1-2H3. The Morgan fingerprint density at radius 3 is 2.62 bits per heavy atom. The maximum Gasteiger partial charge on any atom is 0.330 e. The van der Waals surface area contributed by atoms with E-state index < -0.39 is 24.0 Å². The van der Waals surface area contributed by atoms with Crippen LogP contribution in [0.25, 0.3) is 10.4 Å². The van der Waals surface area contributed by atoms with Gasteiger partial charge in [-0.1, -0.05) is 5.11 Å². The summed E-state index contributed by atoms with van der Waals surface area (Å²) in [6.45, 7) is 1.85. The summed E-state index contributed by atoms with van der Waals surface area (Å²) in [5.74, 6) is -0.396. The maximum atomic E-state index is 12.0. The molecule has 1 fully saturated rings. The van der Waals surface area contributed by atoms with Crippen LogP contribution in [0.3, 0.4) is 0 Å². The van der Waals surface area contributed by atoms with Crippen LogP contribution in [-0.2, 0) is 14.3 Å². The van der Waals surface area contributed by atoms with Crippen molar-refractivity contribution in [1.29, 1.82) is 0 Å². The third-order valence-electron chi connectivity index (χ3n) is 3.12. The summed E-state index contributed by atoms with van der Waals surface area (Å²) < 4.78 is 9.96. The molecule has 2 rings (SSSR count). The number of anilines is 1. The Hall–Kier alpha value is -2.73. The lowest BCUT2D eigenvalue weighted by molar-refractivity contribution is -0.151. The summed E-state index contributed by atoms with van der Waals surface area (Å²) in [7, 11) is 1.53. The number of hydrogen-bond donors (Lipinski definition) is 0. The van der Waals surface area contributed by atoms with Gasteiger partial charge in [0, 0.05) is 10.6 Å². The van der Waals surface area contributed by atoms with Gasteiger partial charge in [0.2, 0.25) is 5.91 Å². The molecule has 0 radical (unpaired) electrons. The maximum absolute atomic E-state index is 12.0. The second kappa shape index (κ2) is 6.15. The van der Waals surface area contributed by atoms with E-state index in [0.717, 1.165) is 0 Å². The molecular formula is C13H14N4O4. The molecule has 8 heteroatoms. The Morgan fingerprint density at radius 1 is 1.43 bits per heavy atom. The number of rotatable bonds is 5. The molecule has 1 saturated heterocycles. The number of carbonyl (C=O) groups excluding carboxylic acids is 2. The van der Waals surface area contributed by atoms with Gasteiger partial charge in [-0.3, -0.25) is 9.69 Å². The van der Waals surface area contributed by atoms with Crippen LogP contribution in [0.15, 0.2) is 29.4 Å². The first-order valence-electron chi connectivity index (χ1n) is 6.32. The summed E-state index contributed by atoms with van der Waals surface area (Å²) >= 11 is 0. The fourth-order valence-electron chi connectivity index (χ4n) is 2.13. The Bertz CT molecular complexity index is 595. The summed E-state index contributed by atoms with van der Waals surface area (Å²) in [6.07, 6.45) is 0. The molecule has 2 atom stereocenters. The number of nitrogens with zero attached hydrogens (tertiary/aromatic N) is 4. The van der Waals surface area contributed by atoms with Crippen LogP contribution in [0.1, 0.15) is 6.92 Å². The van der Waals surface area contributed by atoms with Crippen molar-refractivity contribution in [2.75, 3.05) is 18.6 Å². The molecule has 1 aromatic carbocycles. The van der Waals surface area contributed by atoms with E-state index >= 15 is 0 Å². The Labute approximate surface area is 120 Å². The molecule has 2 unspecified atom stereocenters. The van der Waals surface area contributed by atoms with Gasteiger partial charge in [0.25, 0.3) is 0 Å². The van der Waals surface area contributed by atoms with Crippen LogP contribution in [0, 0.1) is 0 Å². The molecular weight excluding hydrogens is 276 g/mol. The minimum atomic E-state index is -1.06. The van der Waals surface area contributed by atoms with Crippen LogP contribution in [0.2, 0.25) is 0 Å². The number of ether oxygens (including phenoxy) is 2. The van der Waals surface area contributed by atoms with E-state index in [1.807, 2.05) is 0 Å². The summed E-state index contributed by atoms with van der Waals surface area (Å²) in [4.78, 5) is 27.9. The number of esters is 1. The number of carbonyl (C=O) groups is 2. The number of amides is 1. The van der Waals surface area contributed by atoms with Gasteiger partial charge in [-0.25, -0.2) is 4.79 Å². The van der Waals surface area contributed by atoms with Gasteiger partial charge in [-0.05, 0) is 36.7 Å². The van der Waals surface area contributed by atoms with E-state index in [1.165, 1.54) is 12.0 Å². The first kappa shape index (κ1) is 14.7. The van der Waals surface area contributed by atoms with Crippen LogP contribution < -0.4 is 9.64 Å². The second-order valence-electron chi connectivity index (χ2n) is 4.25. The highest BCUT2D eigenvalue weighted by Crippen LogP contribution is 2.32. The van der Waals surface area contributed by atoms with Crippen molar-refractivity contribution < 1.29 is 19.1 Å².